The van der Waals surface area contributed by atoms with E-state index in [1.807, 2.05) is 121 Å². The molecule has 2 aliphatic carbocycles. The van der Waals surface area contributed by atoms with Crippen molar-refractivity contribution >= 4 is 47.3 Å². The Hall–Kier alpha value is -7.70. The Morgan fingerprint density at radius 2 is 0.864 bits per heavy atom. The summed E-state index contributed by atoms with van der Waals surface area (Å²) in [7, 11) is 3.39. The van der Waals surface area contributed by atoms with Crippen LogP contribution in [0, 0.1) is 5.92 Å². The molecule has 0 spiro atoms. The number of unbranched alkanes of at least 4 members (excludes halogenated alkanes) is 3. The summed E-state index contributed by atoms with van der Waals surface area (Å²) in [6.07, 6.45) is 13.5. The third-order valence-electron chi connectivity index (χ3n) is 18.4. The maximum Gasteiger partial charge on any atom is 0.270 e. The first-order valence-electron chi connectivity index (χ1n) is 32.4. The van der Waals surface area contributed by atoms with Gasteiger partial charge in [0.25, 0.3) is 5.91 Å². The van der Waals surface area contributed by atoms with Gasteiger partial charge in [-0.15, -0.1) is 0 Å². The van der Waals surface area contributed by atoms with Crippen molar-refractivity contribution < 1.29 is 38.4 Å². The number of hydrogen-bond acceptors (Lipinski definition) is 10. The van der Waals surface area contributed by atoms with Crippen LogP contribution < -0.4 is 42.5 Å². The number of nitrogens with zero attached hydrogens (tertiary/aromatic N) is 2. The van der Waals surface area contributed by atoms with Crippen molar-refractivity contribution in [2.24, 2.45) is 5.92 Å². The van der Waals surface area contributed by atoms with Crippen LogP contribution in [0.3, 0.4) is 0 Å². The summed E-state index contributed by atoms with van der Waals surface area (Å²) in [6, 6.07) is 32.9. The van der Waals surface area contributed by atoms with Gasteiger partial charge < -0.3 is 52.3 Å². The predicted molar refractivity (Wildman–Crippen MR) is 341 cm³/mol. The molecule has 2 saturated heterocycles. The quantitative estimate of drug-likeness (QED) is 0.0214. The molecule has 0 unspecified atom stereocenters. The molecule has 7 atom stereocenters. The molecular weight excluding hydrogens is 1110 g/mol. The molecule has 4 aliphatic rings. The minimum atomic E-state index is -1.06. The SMILES string of the molecule is CN[C@@H](C)C(=O)NC(C(=O)N1CCC[C@H]1C(=O)N[C@H](C(=O)NCCCCCCNC(=O)[C@@H](NC(=O)[C@@H]1CCCN1C(=O)[C@@H](NC(=O)[C@H](C)NC)C1CCCCC1)C(c1ccccc1)c1ccccc1)C(c1ccccc1)c1ccccc1)=C1CCCCC1. The van der Waals surface area contributed by atoms with Gasteiger partial charge in [0, 0.05) is 38.0 Å². The summed E-state index contributed by atoms with van der Waals surface area (Å²) < 4.78 is 0. The highest BCUT2D eigenvalue weighted by Gasteiger charge is 2.44. The van der Waals surface area contributed by atoms with Crippen LogP contribution in [0.2, 0.25) is 0 Å². The number of carbonyl (C=O) groups excluding carboxylic acids is 8. The zero-order valence-corrected chi connectivity index (χ0v) is 52.0. The van der Waals surface area contributed by atoms with Crippen molar-refractivity contribution in [3.8, 4) is 0 Å². The van der Waals surface area contributed by atoms with E-state index in [9.17, 15) is 38.4 Å². The minimum Gasteiger partial charge on any atom is -0.354 e. The highest BCUT2D eigenvalue weighted by molar-refractivity contribution is 6.02. The van der Waals surface area contributed by atoms with Crippen LogP contribution in [0.4, 0.5) is 0 Å². The number of likely N-dealkylation sites (N-methyl/N-ethyl adjacent to an activating group) is 2. The second-order valence-electron chi connectivity index (χ2n) is 24.3. The molecule has 8 N–H and O–H groups in total. The Bertz CT molecular complexity index is 2890. The third-order valence-corrected chi connectivity index (χ3v) is 18.4. The summed E-state index contributed by atoms with van der Waals surface area (Å²) in [6.45, 7) is 4.81. The maximum absolute atomic E-state index is 14.8. The van der Waals surface area contributed by atoms with Gasteiger partial charge in [0.2, 0.25) is 41.4 Å². The first-order valence-corrected chi connectivity index (χ1v) is 32.4. The average Bonchev–Trinajstić information content (AvgIpc) is 4.40. The summed E-state index contributed by atoms with van der Waals surface area (Å²) >= 11 is 0. The lowest BCUT2D eigenvalue weighted by molar-refractivity contribution is -0.143. The van der Waals surface area contributed by atoms with Crippen LogP contribution >= 0.6 is 0 Å². The Labute approximate surface area is 520 Å². The van der Waals surface area contributed by atoms with Crippen molar-refractivity contribution in [1.82, 2.24) is 52.3 Å². The van der Waals surface area contributed by atoms with Crippen LogP contribution in [0.5, 0.6) is 0 Å². The van der Waals surface area contributed by atoms with Gasteiger partial charge in [0.15, 0.2) is 0 Å². The Morgan fingerprint density at radius 1 is 0.455 bits per heavy atom. The number of benzene rings is 4. The lowest BCUT2D eigenvalue weighted by Gasteiger charge is -2.36. The molecule has 2 heterocycles. The monoisotopic (exact) mass is 1200 g/mol. The first kappa shape index (κ1) is 66.3. The lowest BCUT2D eigenvalue weighted by atomic mass is 9.83. The van der Waals surface area contributed by atoms with E-state index in [0.717, 1.165) is 79.2 Å². The normalized spacial score (nSPS) is 18.8. The number of rotatable bonds is 28. The Balaban J connectivity index is 0.925. The van der Waals surface area contributed by atoms with Crippen molar-refractivity contribution in [2.45, 2.75) is 184 Å². The smallest absolute Gasteiger partial charge is 0.270 e. The zero-order chi connectivity index (χ0) is 62.4. The van der Waals surface area contributed by atoms with Crippen molar-refractivity contribution in [2.75, 3.05) is 40.3 Å². The van der Waals surface area contributed by atoms with Crippen LogP contribution in [0.1, 0.15) is 164 Å². The van der Waals surface area contributed by atoms with E-state index in [4.69, 9.17) is 0 Å². The first-order chi connectivity index (χ1) is 42.8. The third kappa shape index (κ3) is 17.5. The molecule has 18 nitrogen and oxygen atoms in total. The molecule has 0 radical (unpaired) electrons. The summed E-state index contributed by atoms with van der Waals surface area (Å²) in [5.41, 5.74) is 4.49. The number of amides is 8. The minimum absolute atomic E-state index is 0.0467. The predicted octanol–water partition coefficient (Wildman–Crippen LogP) is 7.01. The second-order valence-corrected chi connectivity index (χ2v) is 24.3. The van der Waals surface area contributed by atoms with Gasteiger partial charge >= 0.3 is 0 Å². The van der Waals surface area contributed by atoms with Gasteiger partial charge in [0.05, 0.1) is 12.1 Å². The van der Waals surface area contributed by atoms with Gasteiger partial charge in [-0.05, 0) is 139 Å². The molecular formula is C70H94N10O8. The second kappa shape index (κ2) is 33.6. The van der Waals surface area contributed by atoms with Crippen LogP contribution in [0.15, 0.2) is 133 Å². The molecule has 18 heteroatoms. The largest absolute Gasteiger partial charge is 0.354 e. The van der Waals surface area contributed by atoms with Crippen molar-refractivity contribution in [3.05, 3.63) is 155 Å². The van der Waals surface area contributed by atoms with Crippen LogP contribution in [-0.4, -0.2) is 140 Å². The fourth-order valence-electron chi connectivity index (χ4n) is 13.2. The van der Waals surface area contributed by atoms with E-state index >= 15 is 0 Å². The Kier molecular flexibility index (Phi) is 25.3. The standard InChI is InChI=1S/C70H94N10O8/c1-47(71-3)63(81)75-59(53-37-21-11-22-38-53)69(87)79-45-27-41-55(79)65(83)77-61(57(49-29-13-7-14-30-49)50-31-15-8-16-32-50)67(85)73-43-25-5-6-26-44-74-68(86)62(58(51-33-17-9-18-34-51)52-35-19-10-20-36-52)78-66(84)56-42-28-46-80(56)70(88)60(54-39-23-12-24-40-54)76-64(82)48(2)72-4/h7-10,13-20,29-36,47-48,53,55-59,61-62,71-72H,5-6,11-12,21-28,37-46H2,1-4H3,(H,73,85)(H,74,86)(H,75,81)(H,76,82)(H,77,83)(H,78,84)/t47-,48-,55-,56-,59-,61-,62-/m0/s1. The number of carbonyl (C=O) groups is 8. The molecule has 8 rings (SSSR count). The average molecular weight is 1200 g/mol. The van der Waals surface area contributed by atoms with E-state index in [-0.39, 0.29) is 47.1 Å². The van der Waals surface area contributed by atoms with Gasteiger partial charge in [-0.25, -0.2) is 0 Å². The van der Waals surface area contributed by atoms with Gasteiger partial charge in [-0.2, -0.15) is 0 Å². The van der Waals surface area contributed by atoms with Gasteiger partial charge in [-0.1, -0.05) is 160 Å². The molecule has 2 aliphatic heterocycles. The number of allylic oxidation sites excluding steroid dienone is 1. The number of likely N-dealkylation sites (tertiary alicyclic amines) is 2. The molecule has 0 aromatic heterocycles. The van der Waals surface area contributed by atoms with Crippen LogP contribution in [-0.2, 0) is 38.4 Å². The van der Waals surface area contributed by atoms with Crippen molar-refractivity contribution in [3.63, 3.8) is 0 Å². The zero-order valence-electron chi connectivity index (χ0n) is 52.0. The fourth-order valence-corrected chi connectivity index (χ4v) is 13.2. The highest BCUT2D eigenvalue weighted by atomic mass is 16.2. The molecule has 8 amide bonds. The summed E-state index contributed by atoms with van der Waals surface area (Å²) in [4.78, 5) is 118. The molecule has 4 aromatic carbocycles. The maximum atomic E-state index is 14.8. The van der Waals surface area contributed by atoms with E-state index in [1.54, 1.807) is 37.7 Å². The highest BCUT2D eigenvalue weighted by Crippen LogP contribution is 2.34. The van der Waals surface area contributed by atoms with E-state index in [2.05, 4.69) is 42.5 Å². The number of hydrogen-bond donors (Lipinski definition) is 8. The fraction of sp³-hybridized carbons (Fsp3) is 0.514. The molecule has 4 fully saturated rings. The van der Waals surface area contributed by atoms with E-state index in [0.29, 0.717) is 90.4 Å². The molecule has 4 aromatic rings. The summed E-state index contributed by atoms with van der Waals surface area (Å²) in [5, 5.41) is 24.5. The van der Waals surface area contributed by atoms with Gasteiger partial charge in [0.1, 0.15) is 35.9 Å². The molecule has 0 bridgehead atoms. The van der Waals surface area contributed by atoms with E-state index in [1.165, 1.54) is 0 Å². The topological polar surface area (TPSA) is 239 Å². The van der Waals surface area contributed by atoms with Crippen LogP contribution in [0.25, 0.3) is 0 Å². The molecule has 2 saturated carbocycles. The van der Waals surface area contributed by atoms with E-state index < -0.39 is 65.9 Å². The molecule has 88 heavy (non-hydrogen) atoms. The lowest BCUT2D eigenvalue weighted by Crippen LogP contribution is -2.59. The van der Waals surface area contributed by atoms with Gasteiger partial charge in [-0.3, -0.25) is 38.4 Å². The van der Waals surface area contributed by atoms with Crippen molar-refractivity contribution in [1.29, 1.82) is 0 Å². The Morgan fingerprint density at radius 3 is 1.31 bits per heavy atom. The number of nitrogens with one attached hydrogen (secondary N) is 8. The molecule has 472 valence electrons. The summed E-state index contributed by atoms with van der Waals surface area (Å²) in [5.74, 6) is -4.02.